The number of nitrogens with zero attached hydrogens (tertiary/aromatic N) is 3. The van der Waals surface area contributed by atoms with Gasteiger partial charge in [0.15, 0.2) is 0 Å². The van der Waals surface area contributed by atoms with Crippen molar-refractivity contribution in [3.05, 3.63) is 30.5 Å². The molecule has 0 saturated carbocycles. The van der Waals surface area contributed by atoms with Gasteiger partial charge in [0, 0.05) is 19.7 Å². The van der Waals surface area contributed by atoms with Crippen molar-refractivity contribution in [2.24, 2.45) is 7.05 Å². The summed E-state index contributed by atoms with van der Waals surface area (Å²) in [6, 6.07) is 7.16. The number of sulfonamides is 1. The quantitative estimate of drug-likeness (QED) is 0.911. The van der Waals surface area contributed by atoms with Gasteiger partial charge >= 0.3 is 0 Å². The molecule has 0 aliphatic rings. The molecule has 2 aromatic rings. The summed E-state index contributed by atoms with van der Waals surface area (Å²) in [6.45, 7) is 0. The smallest absolute Gasteiger partial charge is 0.231 e. The van der Waals surface area contributed by atoms with E-state index in [9.17, 15) is 8.42 Å². The van der Waals surface area contributed by atoms with Gasteiger partial charge in [0.2, 0.25) is 10.0 Å². The third kappa shape index (κ3) is 2.55. The first-order chi connectivity index (χ1) is 8.80. The Bertz CT molecular complexity index is 706. The Hall–Kier alpha value is -2.02. The molecule has 2 N–H and O–H groups in total. The normalized spacial score (nSPS) is 11.5. The number of nitrogens with two attached hydrogens (primary N) is 1. The van der Waals surface area contributed by atoms with E-state index in [4.69, 9.17) is 5.73 Å². The van der Waals surface area contributed by atoms with Gasteiger partial charge < -0.3 is 5.73 Å². The fourth-order valence-corrected chi connectivity index (χ4v) is 2.23. The third-order valence-corrected chi connectivity index (χ3v) is 4.21. The maximum atomic E-state index is 11.5. The second kappa shape index (κ2) is 4.58. The van der Waals surface area contributed by atoms with E-state index < -0.39 is 10.0 Å². The Kier molecular flexibility index (Phi) is 3.23. The van der Waals surface area contributed by atoms with Crippen LogP contribution in [0.5, 0.6) is 0 Å². The molecule has 1 aromatic carbocycles. The van der Waals surface area contributed by atoms with Gasteiger partial charge in [0.1, 0.15) is 5.82 Å². The number of aromatic nitrogens is 2. The summed E-state index contributed by atoms with van der Waals surface area (Å²) in [5.41, 5.74) is 8.12. The Balaban J connectivity index is 2.49. The van der Waals surface area contributed by atoms with Gasteiger partial charge in [-0.15, -0.1) is 0 Å². The van der Waals surface area contributed by atoms with Crippen LogP contribution in [0.1, 0.15) is 0 Å². The molecule has 0 bridgehead atoms. The second-order valence-electron chi connectivity index (χ2n) is 4.35. The summed E-state index contributed by atoms with van der Waals surface area (Å²) in [6.07, 6.45) is 2.83. The maximum Gasteiger partial charge on any atom is 0.231 e. The first-order valence-electron chi connectivity index (χ1n) is 5.62. The number of nitrogen functional groups attached to an aromatic ring is 1. The van der Waals surface area contributed by atoms with E-state index in [-0.39, 0.29) is 0 Å². The summed E-state index contributed by atoms with van der Waals surface area (Å²) >= 11 is 0. The molecule has 0 aliphatic heterocycles. The van der Waals surface area contributed by atoms with Crippen LogP contribution in [0.4, 0.5) is 11.5 Å². The molecular weight excluding hydrogens is 264 g/mol. The molecule has 0 spiro atoms. The van der Waals surface area contributed by atoms with E-state index in [1.165, 1.54) is 11.4 Å². The van der Waals surface area contributed by atoms with Gasteiger partial charge in [-0.1, -0.05) is 12.1 Å². The first-order valence-corrected chi connectivity index (χ1v) is 7.47. The maximum absolute atomic E-state index is 11.5. The van der Waals surface area contributed by atoms with Gasteiger partial charge in [-0.3, -0.25) is 8.99 Å². The largest absolute Gasteiger partial charge is 0.383 e. The summed E-state index contributed by atoms with van der Waals surface area (Å²) < 4.78 is 25.9. The van der Waals surface area contributed by atoms with E-state index in [0.29, 0.717) is 11.5 Å². The van der Waals surface area contributed by atoms with Crippen molar-refractivity contribution < 1.29 is 8.42 Å². The van der Waals surface area contributed by atoms with E-state index in [2.05, 4.69) is 5.10 Å². The van der Waals surface area contributed by atoms with Crippen LogP contribution in [0.25, 0.3) is 11.1 Å². The molecule has 0 aliphatic carbocycles. The van der Waals surface area contributed by atoms with Gasteiger partial charge in [-0.05, 0) is 17.7 Å². The zero-order chi connectivity index (χ0) is 14.2. The van der Waals surface area contributed by atoms with Crippen molar-refractivity contribution in [1.29, 1.82) is 0 Å². The van der Waals surface area contributed by atoms with Crippen molar-refractivity contribution >= 4 is 21.5 Å². The Labute approximate surface area is 112 Å². The van der Waals surface area contributed by atoms with Gasteiger partial charge in [-0.2, -0.15) is 5.10 Å². The van der Waals surface area contributed by atoms with Crippen molar-refractivity contribution in [2.45, 2.75) is 0 Å². The molecule has 1 aromatic heterocycles. The highest BCUT2D eigenvalue weighted by molar-refractivity contribution is 7.92. The summed E-state index contributed by atoms with van der Waals surface area (Å²) in [7, 11) is -0.00829. The van der Waals surface area contributed by atoms with Crippen LogP contribution in [0.3, 0.4) is 0 Å². The molecule has 0 unspecified atom stereocenters. The van der Waals surface area contributed by atoms with Crippen LogP contribution >= 0.6 is 0 Å². The van der Waals surface area contributed by atoms with Crippen molar-refractivity contribution in [2.75, 3.05) is 23.3 Å². The predicted octanol–water partition coefficient (Wildman–Crippen LogP) is 1.07. The minimum Gasteiger partial charge on any atom is -0.383 e. The minimum atomic E-state index is -3.28. The third-order valence-electron chi connectivity index (χ3n) is 3.00. The molecule has 6 nitrogen and oxygen atoms in total. The monoisotopic (exact) mass is 280 g/mol. The fraction of sp³-hybridized carbons (Fsp3) is 0.250. The molecule has 2 rings (SSSR count). The molecular formula is C12H16N4O2S. The number of benzene rings is 1. The lowest BCUT2D eigenvalue weighted by atomic mass is 10.1. The zero-order valence-corrected chi connectivity index (χ0v) is 11.8. The highest BCUT2D eigenvalue weighted by atomic mass is 32.2. The lowest BCUT2D eigenvalue weighted by Crippen LogP contribution is -2.24. The first kappa shape index (κ1) is 13.4. The van der Waals surface area contributed by atoms with Crippen LogP contribution in [-0.4, -0.2) is 31.5 Å². The lowest BCUT2D eigenvalue weighted by molar-refractivity contribution is 0.600. The summed E-state index contributed by atoms with van der Waals surface area (Å²) in [5.74, 6) is 0.541. The molecule has 1 heterocycles. The van der Waals surface area contributed by atoms with Gasteiger partial charge in [-0.25, -0.2) is 8.42 Å². The molecule has 0 atom stereocenters. The van der Waals surface area contributed by atoms with Crippen molar-refractivity contribution in [3.8, 4) is 11.1 Å². The summed E-state index contributed by atoms with van der Waals surface area (Å²) in [5, 5.41) is 4.08. The molecule has 0 saturated heterocycles. The van der Waals surface area contributed by atoms with Crippen LogP contribution < -0.4 is 10.0 Å². The Morgan fingerprint density at radius 1 is 1.37 bits per heavy atom. The van der Waals surface area contributed by atoms with Gasteiger partial charge in [0.25, 0.3) is 0 Å². The molecule has 0 fully saturated rings. The number of hydrogen-bond donors (Lipinski definition) is 1. The van der Waals surface area contributed by atoms with Crippen molar-refractivity contribution in [3.63, 3.8) is 0 Å². The van der Waals surface area contributed by atoms with Crippen LogP contribution in [-0.2, 0) is 17.1 Å². The van der Waals surface area contributed by atoms with Crippen LogP contribution in [0, 0.1) is 0 Å². The molecule has 0 radical (unpaired) electrons. The topological polar surface area (TPSA) is 81.2 Å². The van der Waals surface area contributed by atoms with E-state index in [1.54, 1.807) is 36.1 Å². The van der Waals surface area contributed by atoms with E-state index >= 15 is 0 Å². The lowest BCUT2D eigenvalue weighted by Gasteiger charge is -2.17. The number of aryl methyl sites for hydroxylation is 1. The Morgan fingerprint density at radius 2 is 2.05 bits per heavy atom. The van der Waals surface area contributed by atoms with Crippen LogP contribution in [0.15, 0.2) is 30.5 Å². The number of rotatable bonds is 3. The molecule has 7 heteroatoms. The zero-order valence-electron chi connectivity index (χ0n) is 11.0. The average molecular weight is 280 g/mol. The van der Waals surface area contributed by atoms with E-state index in [0.717, 1.165) is 17.4 Å². The standard InChI is InChI=1S/C12H16N4O2S/c1-15-12(13)11(8-14-15)9-5-4-6-10(7-9)16(2)19(3,17)18/h4-8H,13H2,1-3H3. The minimum absolute atomic E-state index is 0.541. The SMILES string of the molecule is CN(c1cccc(-c2cnn(C)c2N)c1)S(C)(=O)=O. The van der Waals surface area contributed by atoms with Gasteiger partial charge in [0.05, 0.1) is 18.1 Å². The molecule has 0 amide bonds. The van der Waals surface area contributed by atoms with E-state index in [1.807, 2.05) is 6.07 Å². The fourth-order valence-electron chi connectivity index (χ4n) is 1.73. The predicted molar refractivity (Wildman–Crippen MR) is 76.3 cm³/mol. The highest BCUT2D eigenvalue weighted by Crippen LogP contribution is 2.28. The summed E-state index contributed by atoms with van der Waals surface area (Å²) in [4.78, 5) is 0. The van der Waals surface area contributed by atoms with Crippen molar-refractivity contribution in [1.82, 2.24) is 9.78 Å². The molecule has 102 valence electrons. The number of hydrogen-bond acceptors (Lipinski definition) is 4. The Morgan fingerprint density at radius 3 is 2.58 bits per heavy atom. The molecule has 19 heavy (non-hydrogen) atoms. The van der Waals surface area contributed by atoms with Crippen LogP contribution in [0.2, 0.25) is 0 Å². The highest BCUT2D eigenvalue weighted by Gasteiger charge is 2.14. The average Bonchev–Trinajstić information content (AvgIpc) is 2.68. The number of anilines is 2. The second-order valence-corrected chi connectivity index (χ2v) is 6.36.